The van der Waals surface area contributed by atoms with Gasteiger partial charge in [-0.15, -0.1) is 11.6 Å². The molecule has 4 rings (SSSR count). The second-order valence-corrected chi connectivity index (χ2v) is 10.3. The summed E-state index contributed by atoms with van der Waals surface area (Å²) in [6.45, 7) is 9.02. The van der Waals surface area contributed by atoms with Crippen LogP contribution in [-0.2, 0) is 22.0 Å². The minimum Gasteiger partial charge on any atom is -0.497 e. The number of likely N-dealkylation sites (tertiary alicyclic amines) is 1. The van der Waals surface area contributed by atoms with E-state index in [4.69, 9.17) is 21.1 Å². The number of rotatable bonds is 5. The lowest BCUT2D eigenvalue weighted by molar-refractivity contribution is -0.131. The van der Waals surface area contributed by atoms with E-state index in [9.17, 15) is 9.59 Å². The summed E-state index contributed by atoms with van der Waals surface area (Å²) < 4.78 is 10.1. The summed E-state index contributed by atoms with van der Waals surface area (Å²) >= 11 is 5.58. The highest BCUT2D eigenvalue weighted by molar-refractivity contribution is 6.17. The molecule has 192 valence electrons. The molecule has 2 saturated heterocycles. The Hall–Kier alpha value is -2.73. The van der Waals surface area contributed by atoms with E-state index in [1.807, 2.05) is 67.3 Å². The first-order valence-electron chi connectivity index (χ1n) is 11.9. The van der Waals surface area contributed by atoms with Gasteiger partial charge in [0.2, 0.25) is 11.8 Å². The number of carbonyl (C=O) groups is 2. The van der Waals surface area contributed by atoms with Crippen LogP contribution >= 0.6 is 11.6 Å². The van der Waals surface area contributed by atoms with Gasteiger partial charge in [-0.3, -0.25) is 9.59 Å². The van der Waals surface area contributed by atoms with Gasteiger partial charge in [-0.05, 0) is 75.9 Å². The molecule has 2 aliphatic rings. The third kappa shape index (κ3) is 9.10. The minimum absolute atomic E-state index is 0.0169. The van der Waals surface area contributed by atoms with Crippen molar-refractivity contribution in [2.24, 2.45) is 0 Å². The summed E-state index contributed by atoms with van der Waals surface area (Å²) in [5.41, 5.74) is 2.31. The molecule has 0 atom stereocenters. The molecular formula is C28H39ClN2O4. The smallest absolute Gasteiger partial charge is 0.223 e. The summed E-state index contributed by atoms with van der Waals surface area (Å²) in [5.74, 6) is 2.72. The standard InChI is InChI=1S/C14H19NO2.C8H9ClO.C6H11NO/c1-14(2)9-8-13(16)15(14)10-11-4-6-12(17-3)7-5-11;1-10-8-4-2-7(6-9)3-5-8;1-6(2)4-3-5(8)7-6/h4-7H,8-10H2,1-3H3;2-5H,6H2,1H3;3-4H2,1-2H3,(H,7,8). The van der Waals surface area contributed by atoms with Gasteiger partial charge in [0.05, 0.1) is 14.2 Å². The number of hydrogen-bond donors (Lipinski definition) is 1. The number of nitrogens with one attached hydrogen (secondary N) is 1. The van der Waals surface area contributed by atoms with Crippen LogP contribution in [0.4, 0.5) is 0 Å². The first-order valence-corrected chi connectivity index (χ1v) is 12.5. The number of hydrogen-bond acceptors (Lipinski definition) is 4. The summed E-state index contributed by atoms with van der Waals surface area (Å²) in [5, 5.41) is 2.85. The third-order valence-corrected chi connectivity index (χ3v) is 6.56. The van der Waals surface area contributed by atoms with Gasteiger partial charge >= 0.3 is 0 Å². The average molecular weight is 503 g/mol. The Labute approximate surface area is 214 Å². The molecule has 0 spiro atoms. The number of nitrogens with zero attached hydrogens (tertiary/aromatic N) is 1. The van der Waals surface area contributed by atoms with Crippen molar-refractivity contribution in [2.45, 2.75) is 76.9 Å². The molecule has 0 saturated carbocycles. The molecule has 2 aliphatic heterocycles. The van der Waals surface area contributed by atoms with E-state index in [0.29, 0.717) is 25.3 Å². The third-order valence-electron chi connectivity index (χ3n) is 6.25. The van der Waals surface area contributed by atoms with E-state index in [-0.39, 0.29) is 22.9 Å². The topological polar surface area (TPSA) is 67.9 Å². The first-order chi connectivity index (χ1) is 16.5. The molecule has 35 heavy (non-hydrogen) atoms. The second kappa shape index (κ2) is 12.8. The van der Waals surface area contributed by atoms with Gasteiger partial charge in [-0.25, -0.2) is 0 Å². The van der Waals surface area contributed by atoms with Gasteiger partial charge < -0.3 is 19.7 Å². The number of alkyl halides is 1. The van der Waals surface area contributed by atoms with Gasteiger partial charge in [0.25, 0.3) is 0 Å². The van der Waals surface area contributed by atoms with Crippen molar-refractivity contribution >= 4 is 23.4 Å². The van der Waals surface area contributed by atoms with Crippen molar-refractivity contribution in [3.05, 3.63) is 59.7 Å². The van der Waals surface area contributed by atoms with E-state index in [2.05, 4.69) is 19.2 Å². The molecule has 0 aliphatic carbocycles. The zero-order valence-corrected chi connectivity index (χ0v) is 22.6. The molecule has 1 N–H and O–H groups in total. The molecule has 2 aromatic rings. The van der Waals surface area contributed by atoms with Crippen molar-refractivity contribution in [1.82, 2.24) is 10.2 Å². The maximum atomic E-state index is 11.8. The number of benzene rings is 2. The highest BCUT2D eigenvalue weighted by atomic mass is 35.5. The fraction of sp³-hybridized carbons (Fsp3) is 0.500. The Kier molecular flexibility index (Phi) is 10.4. The lowest BCUT2D eigenvalue weighted by Gasteiger charge is -2.31. The van der Waals surface area contributed by atoms with Crippen LogP contribution in [0.5, 0.6) is 11.5 Å². The SMILES string of the molecule is CC1(C)CCC(=O)N1.COc1ccc(CCl)cc1.COc1ccc(CN2C(=O)CCC2(C)C)cc1. The fourth-order valence-electron chi connectivity index (χ4n) is 3.88. The Morgan fingerprint density at radius 1 is 0.829 bits per heavy atom. The van der Waals surface area contributed by atoms with Crippen LogP contribution in [-0.4, -0.2) is 42.0 Å². The number of ether oxygens (including phenoxy) is 2. The Morgan fingerprint density at radius 2 is 1.34 bits per heavy atom. The molecule has 6 nitrogen and oxygen atoms in total. The molecule has 2 amide bonds. The Balaban J connectivity index is 0.000000204. The molecule has 7 heteroatoms. The summed E-state index contributed by atoms with van der Waals surface area (Å²) in [7, 11) is 3.30. The van der Waals surface area contributed by atoms with Crippen molar-refractivity contribution in [2.75, 3.05) is 14.2 Å². The highest BCUT2D eigenvalue weighted by Gasteiger charge is 2.37. The Morgan fingerprint density at radius 3 is 1.66 bits per heavy atom. The van der Waals surface area contributed by atoms with E-state index >= 15 is 0 Å². The van der Waals surface area contributed by atoms with Gasteiger partial charge in [0.15, 0.2) is 0 Å². The maximum Gasteiger partial charge on any atom is 0.223 e. The number of amides is 2. The zero-order chi connectivity index (χ0) is 26.1. The predicted molar refractivity (Wildman–Crippen MR) is 141 cm³/mol. The predicted octanol–water partition coefficient (Wildman–Crippen LogP) is 5.71. The van der Waals surface area contributed by atoms with Crippen LogP contribution in [0.1, 0.15) is 64.5 Å². The van der Waals surface area contributed by atoms with Crippen LogP contribution in [0.15, 0.2) is 48.5 Å². The molecule has 0 aromatic heterocycles. The van der Waals surface area contributed by atoms with Gasteiger partial charge in [0, 0.05) is 36.3 Å². The molecule has 0 radical (unpaired) electrons. The lowest BCUT2D eigenvalue weighted by atomic mass is 10.0. The van der Waals surface area contributed by atoms with Crippen LogP contribution < -0.4 is 14.8 Å². The molecular weight excluding hydrogens is 464 g/mol. The summed E-state index contributed by atoms with van der Waals surface area (Å²) in [4.78, 5) is 24.3. The molecule has 0 unspecified atom stereocenters. The van der Waals surface area contributed by atoms with E-state index in [1.165, 1.54) is 0 Å². The first kappa shape index (κ1) is 28.5. The van der Waals surface area contributed by atoms with Gasteiger partial charge in [-0.2, -0.15) is 0 Å². The van der Waals surface area contributed by atoms with Gasteiger partial charge in [-0.1, -0.05) is 24.3 Å². The second-order valence-electron chi connectivity index (χ2n) is 10.1. The van der Waals surface area contributed by atoms with E-state index in [0.717, 1.165) is 35.5 Å². The van der Waals surface area contributed by atoms with Crippen LogP contribution in [0.2, 0.25) is 0 Å². The van der Waals surface area contributed by atoms with Crippen molar-refractivity contribution in [3.8, 4) is 11.5 Å². The van der Waals surface area contributed by atoms with Crippen molar-refractivity contribution < 1.29 is 19.1 Å². The molecule has 2 aromatic carbocycles. The lowest BCUT2D eigenvalue weighted by Crippen LogP contribution is -2.40. The van der Waals surface area contributed by atoms with Crippen LogP contribution in [0, 0.1) is 0 Å². The quantitative estimate of drug-likeness (QED) is 0.532. The Bertz CT molecular complexity index is 933. The van der Waals surface area contributed by atoms with Crippen LogP contribution in [0.25, 0.3) is 0 Å². The van der Waals surface area contributed by atoms with E-state index < -0.39 is 0 Å². The van der Waals surface area contributed by atoms with Gasteiger partial charge in [0.1, 0.15) is 11.5 Å². The zero-order valence-electron chi connectivity index (χ0n) is 21.8. The van der Waals surface area contributed by atoms with Crippen LogP contribution in [0.3, 0.4) is 0 Å². The largest absolute Gasteiger partial charge is 0.497 e. The minimum atomic E-state index is -0.0169. The maximum absolute atomic E-state index is 11.8. The monoisotopic (exact) mass is 502 g/mol. The highest BCUT2D eigenvalue weighted by Crippen LogP contribution is 2.31. The fourth-order valence-corrected chi connectivity index (χ4v) is 4.06. The number of methoxy groups -OCH3 is 2. The molecule has 2 fully saturated rings. The molecule has 0 bridgehead atoms. The summed E-state index contributed by atoms with van der Waals surface area (Å²) in [6.07, 6.45) is 3.30. The summed E-state index contributed by atoms with van der Waals surface area (Å²) in [6, 6.07) is 15.6. The number of carbonyl (C=O) groups excluding carboxylic acids is 2. The normalized spacial score (nSPS) is 17.5. The van der Waals surface area contributed by atoms with Crippen molar-refractivity contribution in [3.63, 3.8) is 0 Å². The molecule has 2 heterocycles. The van der Waals surface area contributed by atoms with Crippen molar-refractivity contribution in [1.29, 1.82) is 0 Å². The number of halogens is 1. The average Bonchev–Trinajstić information content (AvgIpc) is 3.30. The van der Waals surface area contributed by atoms with E-state index in [1.54, 1.807) is 14.2 Å².